The van der Waals surface area contributed by atoms with Crippen LogP contribution in [0.1, 0.15) is 15.9 Å². The Hall–Kier alpha value is -1.09. The van der Waals surface area contributed by atoms with Crippen molar-refractivity contribution in [3.8, 4) is 0 Å². The molecule has 0 aliphatic carbocycles. The van der Waals surface area contributed by atoms with Crippen LogP contribution >= 0.6 is 15.9 Å². The van der Waals surface area contributed by atoms with Crippen LogP contribution in [0.5, 0.6) is 0 Å². The van der Waals surface area contributed by atoms with Gasteiger partial charge < -0.3 is 4.90 Å². The number of carbonyl (C=O) groups excluding carboxylic acids is 1. The number of alkyl halides is 1. The van der Waals surface area contributed by atoms with Crippen LogP contribution in [0.2, 0.25) is 0 Å². The molecule has 0 aliphatic rings. The summed E-state index contributed by atoms with van der Waals surface area (Å²) < 4.78 is 0. The molecule has 0 spiro atoms. The number of rotatable bonds is 4. The Morgan fingerprint density at radius 2 is 2.20 bits per heavy atom. The van der Waals surface area contributed by atoms with E-state index >= 15 is 0 Å². The predicted octanol–water partition coefficient (Wildman–Crippen LogP) is 2.80. The second kappa shape index (κ2) is 5.71. The van der Waals surface area contributed by atoms with Crippen LogP contribution in [0.4, 0.5) is 0 Å². The molecular formula is C12H14BrNO. The monoisotopic (exact) mass is 267 g/mol. The fraction of sp³-hybridized carbons (Fsp3) is 0.250. The number of hydrogen-bond donors (Lipinski definition) is 0. The lowest BCUT2D eigenvalue weighted by Gasteiger charge is -2.16. The smallest absolute Gasteiger partial charge is 0.254 e. The van der Waals surface area contributed by atoms with Gasteiger partial charge in [0.05, 0.1) is 0 Å². The Morgan fingerprint density at radius 3 is 2.80 bits per heavy atom. The predicted molar refractivity (Wildman–Crippen MR) is 67.3 cm³/mol. The van der Waals surface area contributed by atoms with Crippen molar-refractivity contribution in [3.05, 3.63) is 42.0 Å². The minimum absolute atomic E-state index is 0.0324. The Balaban J connectivity index is 2.95. The highest BCUT2D eigenvalue weighted by atomic mass is 79.9. The van der Waals surface area contributed by atoms with Crippen LogP contribution in [0.15, 0.2) is 30.8 Å². The molecule has 3 heteroatoms. The van der Waals surface area contributed by atoms with E-state index in [-0.39, 0.29) is 5.91 Å². The molecule has 0 radical (unpaired) electrons. The van der Waals surface area contributed by atoms with Gasteiger partial charge in [0.1, 0.15) is 0 Å². The van der Waals surface area contributed by atoms with Gasteiger partial charge in [-0.25, -0.2) is 0 Å². The molecule has 0 saturated heterocycles. The molecule has 1 aromatic rings. The zero-order valence-electron chi connectivity index (χ0n) is 8.74. The molecule has 1 amide bonds. The van der Waals surface area contributed by atoms with Crippen LogP contribution < -0.4 is 0 Å². The Bertz CT molecular complexity index is 362. The lowest BCUT2D eigenvalue weighted by molar-refractivity contribution is 0.0804. The second-order valence-corrected chi connectivity index (χ2v) is 4.00. The molecule has 2 nitrogen and oxygen atoms in total. The molecule has 0 aliphatic heterocycles. The minimum atomic E-state index is 0.0324. The van der Waals surface area contributed by atoms with Gasteiger partial charge in [-0.2, -0.15) is 0 Å². The Kier molecular flexibility index (Phi) is 4.56. The molecule has 0 atom stereocenters. The van der Waals surface area contributed by atoms with Crippen LogP contribution in [-0.2, 0) is 0 Å². The summed E-state index contributed by atoms with van der Waals surface area (Å²) in [5.41, 5.74) is 1.58. The third-order valence-corrected chi connectivity index (χ3v) is 2.53. The largest absolute Gasteiger partial charge is 0.341 e. The van der Waals surface area contributed by atoms with E-state index in [1.807, 2.05) is 24.3 Å². The Morgan fingerprint density at radius 1 is 1.53 bits per heavy atom. The summed E-state index contributed by atoms with van der Waals surface area (Å²) in [6.45, 7) is 4.40. The fourth-order valence-corrected chi connectivity index (χ4v) is 1.84. The lowest BCUT2D eigenvalue weighted by atomic mass is 10.1. The van der Waals surface area contributed by atoms with Gasteiger partial charge in [-0.05, 0) is 11.6 Å². The number of benzene rings is 1. The molecule has 15 heavy (non-hydrogen) atoms. The Labute approximate surface area is 98.7 Å². The van der Waals surface area contributed by atoms with Gasteiger partial charge in [-0.3, -0.25) is 4.79 Å². The van der Waals surface area contributed by atoms with Gasteiger partial charge in [0.25, 0.3) is 5.91 Å². The molecule has 1 aromatic carbocycles. The summed E-state index contributed by atoms with van der Waals surface area (Å²) in [5, 5.41) is 0.783. The molecule has 0 aromatic heterocycles. The van der Waals surface area contributed by atoms with Gasteiger partial charge in [0.2, 0.25) is 0 Å². The van der Waals surface area contributed by atoms with E-state index < -0.39 is 0 Å². The van der Waals surface area contributed by atoms with Gasteiger partial charge in [-0.1, -0.05) is 46.8 Å². The number of hydrogen-bond acceptors (Lipinski definition) is 1. The average molecular weight is 268 g/mol. The molecule has 0 unspecified atom stereocenters. The molecule has 0 fully saturated rings. The molecule has 0 saturated carbocycles. The summed E-state index contributed by atoms with van der Waals surface area (Å²) in [6.07, 6.45) is 1.70. The maximum Gasteiger partial charge on any atom is 0.254 e. The standard InChI is InChI=1S/C12H14BrNO/c1-3-10-6-4-5-7-11(10)12(15)14(2)9-8-13/h3-7H,1,8-9H2,2H3. The molecule has 0 heterocycles. The van der Waals surface area contributed by atoms with E-state index in [1.165, 1.54) is 0 Å². The van der Waals surface area contributed by atoms with Crippen molar-refractivity contribution in [2.75, 3.05) is 18.9 Å². The summed E-state index contributed by atoms with van der Waals surface area (Å²) >= 11 is 3.31. The van der Waals surface area contributed by atoms with Crippen molar-refractivity contribution in [1.29, 1.82) is 0 Å². The topological polar surface area (TPSA) is 20.3 Å². The average Bonchev–Trinajstić information content (AvgIpc) is 2.28. The van der Waals surface area contributed by atoms with E-state index in [0.29, 0.717) is 12.1 Å². The van der Waals surface area contributed by atoms with Gasteiger partial charge in [0, 0.05) is 24.5 Å². The van der Waals surface area contributed by atoms with E-state index in [0.717, 1.165) is 10.9 Å². The highest BCUT2D eigenvalue weighted by Gasteiger charge is 2.12. The van der Waals surface area contributed by atoms with Crippen LogP contribution in [0.25, 0.3) is 6.08 Å². The van der Waals surface area contributed by atoms with E-state index in [4.69, 9.17) is 0 Å². The van der Waals surface area contributed by atoms with Crippen LogP contribution in [0.3, 0.4) is 0 Å². The zero-order valence-corrected chi connectivity index (χ0v) is 10.3. The number of carbonyl (C=O) groups is 1. The maximum absolute atomic E-state index is 12.0. The summed E-state index contributed by atoms with van der Waals surface area (Å²) in [6, 6.07) is 7.48. The second-order valence-electron chi connectivity index (χ2n) is 3.21. The van der Waals surface area contributed by atoms with Gasteiger partial charge >= 0.3 is 0 Å². The van der Waals surface area contributed by atoms with E-state index in [9.17, 15) is 4.79 Å². The van der Waals surface area contributed by atoms with Gasteiger partial charge in [-0.15, -0.1) is 0 Å². The highest BCUT2D eigenvalue weighted by molar-refractivity contribution is 9.09. The summed E-state index contributed by atoms with van der Waals surface area (Å²) in [7, 11) is 1.80. The van der Waals surface area contributed by atoms with Crippen molar-refractivity contribution in [2.45, 2.75) is 0 Å². The van der Waals surface area contributed by atoms with Crippen molar-refractivity contribution in [2.24, 2.45) is 0 Å². The van der Waals surface area contributed by atoms with Crippen molar-refractivity contribution in [1.82, 2.24) is 4.90 Å². The number of amides is 1. The van der Waals surface area contributed by atoms with E-state index in [2.05, 4.69) is 22.5 Å². The zero-order chi connectivity index (χ0) is 11.3. The first-order valence-electron chi connectivity index (χ1n) is 4.73. The molecule has 80 valence electrons. The molecular weight excluding hydrogens is 254 g/mol. The van der Waals surface area contributed by atoms with Crippen LogP contribution in [-0.4, -0.2) is 29.7 Å². The minimum Gasteiger partial charge on any atom is -0.341 e. The third-order valence-electron chi connectivity index (χ3n) is 2.18. The summed E-state index contributed by atoms with van der Waals surface area (Å²) in [5.74, 6) is 0.0324. The van der Waals surface area contributed by atoms with Crippen LogP contribution in [0, 0.1) is 0 Å². The number of nitrogens with zero attached hydrogens (tertiary/aromatic N) is 1. The summed E-state index contributed by atoms with van der Waals surface area (Å²) in [4.78, 5) is 13.7. The highest BCUT2D eigenvalue weighted by Crippen LogP contribution is 2.12. The van der Waals surface area contributed by atoms with Crippen molar-refractivity contribution in [3.63, 3.8) is 0 Å². The van der Waals surface area contributed by atoms with Crippen molar-refractivity contribution < 1.29 is 4.79 Å². The first-order valence-corrected chi connectivity index (χ1v) is 5.85. The SMILES string of the molecule is C=Cc1ccccc1C(=O)N(C)CCBr. The first kappa shape index (κ1) is 12.0. The quantitative estimate of drug-likeness (QED) is 0.769. The molecule has 0 bridgehead atoms. The van der Waals surface area contributed by atoms with E-state index in [1.54, 1.807) is 18.0 Å². The third kappa shape index (κ3) is 2.93. The first-order chi connectivity index (χ1) is 7.20. The molecule has 1 rings (SSSR count). The van der Waals surface area contributed by atoms with Gasteiger partial charge in [0.15, 0.2) is 0 Å². The molecule has 0 N–H and O–H groups in total. The van der Waals surface area contributed by atoms with Crippen molar-refractivity contribution >= 4 is 27.9 Å². The fourth-order valence-electron chi connectivity index (χ4n) is 1.30. The maximum atomic E-state index is 12.0. The number of halogens is 1. The lowest BCUT2D eigenvalue weighted by Crippen LogP contribution is -2.28. The normalized spacial score (nSPS) is 9.73.